The number of benzene rings is 1. The van der Waals surface area contributed by atoms with Crippen LogP contribution in [0.3, 0.4) is 0 Å². The minimum Gasteiger partial charge on any atom is -0.325 e. The van der Waals surface area contributed by atoms with Crippen molar-refractivity contribution in [3.05, 3.63) is 34.4 Å². The van der Waals surface area contributed by atoms with Crippen molar-refractivity contribution >= 4 is 23.4 Å². The Balaban J connectivity index is 1.97. The average Bonchev–Trinajstić information content (AvgIpc) is 3.05. The van der Waals surface area contributed by atoms with Crippen LogP contribution in [0.1, 0.15) is 27.2 Å². The van der Waals surface area contributed by atoms with E-state index in [0.717, 1.165) is 4.90 Å². The average molecular weight is 294 g/mol. The van der Waals surface area contributed by atoms with E-state index in [0.29, 0.717) is 17.4 Å². The van der Waals surface area contributed by atoms with Crippen LogP contribution in [0, 0.1) is 15.5 Å². The van der Waals surface area contributed by atoms with Gasteiger partial charge in [-0.15, -0.1) is 11.8 Å². The van der Waals surface area contributed by atoms with Crippen molar-refractivity contribution in [2.24, 2.45) is 5.41 Å². The molecule has 1 aromatic carbocycles. The fraction of sp³-hybridized carbons (Fsp3) is 0.500. The molecule has 1 aromatic rings. The van der Waals surface area contributed by atoms with Crippen LogP contribution in [0.25, 0.3) is 0 Å². The Kier molecular flexibility index (Phi) is 4.04. The summed E-state index contributed by atoms with van der Waals surface area (Å²) in [7, 11) is 0. The molecular weight excluding hydrogens is 276 g/mol. The van der Waals surface area contributed by atoms with Crippen LogP contribution in [-0.4, -0.2) is 22.1 Å². The largest absolute Gasteiger partial charge is 0.325 e. The Hall–Kier alpha value is -1.56. The van der Waals surface area contributed by atoms with Crippen molar-refractivity contribution in [1.29, 1.82) is 0 Å². The van der Waals surface area contributed by atoms with Crippen LogP contribution in [0.15, 0.2) is 29.2 Å². The second-order valence-corrected chi connectivity index (χ2v) is 7.22. The van der Waals surface area contributed by atoms with E-state index >= 15 is 0 Å². The summed E-state index contributed by atoms with van der Waals surface area (Å²) < 4.78 is 0. The van der Waals surface area contributed by atoms with Crippen LogP contribution in [0.4, 0.5) is 5.69 Å². The molecule has 2 rings (SSSR count). The number of thioether (sulfide) groups is 1. The lowest BCUT2D eigenvalue weighted by Gasteiger charge is -2.10. The van der Waals surface area contributed by atoms with Crippen LogP contribution in [0.2, 0.25) is 0 Å². The quantitative estimate of drug-likeness (QED) is 0.514. The summed E-state index contributed by atoms with van der Waals surface area (Å²) in [6.45, 7) is 5.87. The molecule has 0 bridgehead atoms. The number of carbonyl (C=O) groups excluding carboxylic acids is 1. The SMILES string of the molecule is CC(C)Sc1ccc(NC(=O)C2(C)CC2[N+](=O)[O-])cc1. The van der Waals surface area contributed by atoms with E-state index in [2.05, 4.69) is 19.2 Å². The summed E-state index contributed by atoms with van der Waals surface area (Å²) in [5, 5.41) is 14.0. The molecule has 1 saturated carbocycles. The number of rotatable bonds is 5. The number of anilines is 1. The van der Waals surface area contributed by atoms with Crippen LogP contribution < -0.4 is 5.32 Å². The number of hydrogen-bond donors (Lipinski definition) is 1. The molecule has 1 aliphatic carbocycles. The molecule has 1 fully saturated rings. The first kappa shape index (κ1) is 14.8. The van der Waals surface area contributed by atoms with Crippen molar-refractivity contribution in [1.82, 2.24) is 0 Å². The lowest BCUT2D eigenvalue weighted by Crippen LogP contribution is -2.27. The van der Waals surface area contributed by atoms with Crippen molar-refractivity contribution in [2.75, 3.05) is 5.32 Å². The highest BCUT2D eigenvalue weighted by atomic mass is 32.2. The standard InChI is InChI=1S/C14H18N2O3S/c1-9(2)20-11-6-4-10(5-7-11)15-13(17)14(3)8-12(14)16(18)19/h4-7,9,12H,8H2,1-3H3,(H,15,17). The third-order valence-corrected chi connectivity index (χ3v) is 4.47. The molecule has 0 aliphatic heterocycles. The molecule has 0 radical (unpaired) electrons. The molecule has 0 aromatic heterocycles. The summed E-state index contributed by atoms with van der Waals surface area (Å²) in [5.41, 5.74) is -0.187. The van der Waals surface area contributed by atoms with Crippen LogP contribution >= 0.6 is 11.8 Å². The molecule has 0 spiro atoms. The molecular formula is C14H18N2O3S. The summed E-state index contributed by atoms with van der Waals surface area (Å²) >= 11 is 1.75. The van der Waals surface area contributed by atoms with Gasteiger partial charge in [0.1, 0.15) is 5.41 Å². The minimum atomic E-state index is -0.866. The highest BCUT2D eigenvalue weighted by Gasteiger charge is 2.65. The van der Waals surface area contributed by atoms with E-state index in [-0.39, 0.29) is 10.8 Å². The summed E-state index contributed by atoms with van der Waals surface area (Å²) in [4.78, 5) is 23.5. The van der Waals surface area contributed by atoms with Crippen molar-refractivity contribution in [2.45, 2.75) is 43.4 Å². The maximum Gasteiger partial charge on any atom is 0.237 e. The van der Waals surface area contributed by atoms with Gasteiger partial charge in [-0.05, 0) is 31.2 Å². The number of amides is 1. The van der Waals surface area contributed by atoms with Gasteiger partial charge in [-0.3, -0.25) is 14.9 Å². The molecule has 1 N–H and O–H groups in total. The van der Waals surface area contributed by atoms with Crippen molar-refractivity contribution in [3.8, 4) is 0 Å². The van der Waals surface area contributed by atoms with E-state index in [4.69, 9.17) is 0 Å². The van der Waals surface area contributed by atoms with E-state index in [1.165, 1.54) is 0 Å². The molecule has 1 amide bonds. The van der Waals surface area contributed by atoms with Crippen LogP contribution in [-0.2, 0) is 4.79 Å². The number of carbonyl (C=O) groups is 1. The molecule has 6 heteroatoms. The maximum atomic E-state index is 12.1. The highest BCUT2D eigenvalue weighted by molar-refractivity contribution is 7.99. The second-order valence-electron chi connectivity index (χ2n) is 5.57. The molecule has 20 heavy (non-hydrogen) atoms. The summed E-state index contributed by atoms with van der Waals surface area (Å²) in [6.07, 6.45) is 0.313. The lowest BCUT2D eigenvalue weighted by molar-refractivity contribution is -0.500. The lowest BCUT2D eigenvalue weighted by atomic mass is 10.1. The smallest absolute Gasteiger partial charge is 0.237 e. The number of hydrogen-bond acceptors (Lipinski definition) is 4. The van der Waals surface area contributed by atoms with Crippen molar-refractivity contribution < 1.29 is 9.72 Å². The van der Waals surface area contributed by atoms with Gasteiger partial charge in [0, 0.05) is 27.2 Å². The number of nitrogens with zero attached hydrogens (tertiary/aromatic N) is 1. The molecule has 0 saturated heterocycles. The van der Waals surface area contributed by atoms with E-state index in [9.17, 15) is 14.9 Å². The Labute approximate surface area is 122 Å². The van der Waals surface area contributed by atoms with E-state index in [1.54, 1.807) is 18.7 Å². The number of nitrogens with one attached hydrogen (secondary N) is 1. The van der Waals surface area contributed by atoms with Gasteiger partial charge >= 0.3 is 0 Å². The molecule has 0 heterocycles. The highest BCUT2D eigenvalue weighted by Crippen LogP contribution is 2.48. The van der Waals surface area contributed by atoms with Gasteiger partial charge in [0.25, 0.3) is 0 Å². The first-order chi connectivity index (χ1) is 9.33. The van der Waals surface area contributed by atoms with Gasteiger partial charge in [-0.2, -0.15) is 0 Å². The van der Waals surface area contributed by atoms with E-state index < -0.39 is 11.5 Å². The predicted octanol–water partition coefficient (Wildman–Crippen LogP) is 3.18. The molecule has 5 nitrogen and oxygen atoms in total. The Morgan fingerprint density at radius 3 is 2.50 bits per heavy atom. The summed E-state index contributed by atoms with van der Waals surface area (Å²) in [5.74, 6) is -0.275. The van der Waals surface area contributed by atoms with Crippen LogP contribution in [0.5, 0.6) is 0 Å². The second kappa shape index (κ2) is 5.44. The maximum absolute atomic E-state index is 12.1. The topological polar surface area (TPSA) is 72.2 Å². The van der Waals surface area contributed by atoms with Crippen molar-refractivity contribution in [3.63, 3.8) is 0 Å². The normalized spacial score (nSPS) is 24.5. The Morgan fingerprint density at radius 2 is 2.05 bits per heavy atom. The Morgan fingerprint density at radius 1 is 1.45 bits per heavy atom. The first-order valence-electron chi connectivity index (χ1n) is 6.54. The predicted molar refractivity (Wildman–Crippen MR) is 79.6 cm³/mol. The van der Waals surface area contributed by atoms with Gasteiger partial charge in [-0.1, -0.05) is 13.8 Å². The minimum absolute atomic E-state index is 0.275. The molecule has 1 aliphatic rings. The van der Waals surface area contributed by atoms with E-state index in [1.807, 2.05) is 24.3 Å². The summed E-state index contributed by atoms with van der Waals surface area (Å²) in [6, 6.07) is 6.80. The Bertz CT molecular complexity index is 530. The monoisotopic (exact) mass is 294 g/mol. The number of nitro groups is 1. The van der Waals surface area contributed by atoms with Gasteiger partial charge in [-0.25, -0.2) is 0 Å². The zero-order chi connectivity index (χ0) is 14.9. The fourth-order valence-electron chi connectivity index (χ4n) is 2.06. The van der Waals surface area contributed by atoms with Gasteiger partial charge in [0.15, 0.2) is 0 Å². The zero-order valence-corrected chi connectivity index (χ0v) is 12.6. The fourth-order valence-corrected chi connectivity index (χ4v) is 2.89. The molecule has 108 valence electrons. The molecule has 2 unspecified atom stereocenters. The zero-order valence-electron chi connectivity index (χ0n) is 11.8. The third-order valence-electron chi connectivity index (χ3n) is 3.45. The first-order valence-corrected chi connectivity index (χ1v) is 7.42. The molecule has 2 atom stereocenters. The third kappa shape index (κ3) is 3.12. The van der Waals surface area contributed by atoms with Gasteiger partial charge in [0.2, 0.25) is 11.9 Å². The van der Waals surface area contributed by atoms with Gasteiger partial charge in [0.05, 0.1) is 0 Å². The van der Waals surface area contributed by atoms with Gasteiger partial charge < -0.3 is 5.32 Å².